The van der Waals surface area contributed by atoms with E-state index in [9.17, 15) is 9.59 Å². The van der Waals surface area contributed by atoms with Gasteiger partial charge in [0, 0.05) is 12.6 Å². The maximum Gasteiger partial charge on any atom is 0.261 e. The van der Waals surface area contributed by atoms with Crippen molar-refractivity contribution in [2.45, 2.75) is 78.4 Å². The van der Waals surface area contributed by atoms with Crippen molar-refractivity contribution in [1.29, 1.82) is 0 Å². The van der Waals surface area contributed by atoms with Gasteiger partial charge >= 0.3 is 0 Å². The van der Waals surface area contributed by atoms with E-state index < -0.39 is 6.04 Å². The number of hydrogen-bond acceptors (Lipinski definition) is 3. The maximum absolute atomic E-state index is 13.4. The Hall–Kier alpha value is -2.82. The van der Waals surface area contributed by atoms with E-state index in [2.05, 4.69) is 11.4 Å². The lowest BCUT2D eigenvalue weighted by Gasteiger charge is -2.31. The lowest BCUT2D eigenvalue weighted by atomic mass is 10.1. The van der Waals surface area contributed by atoms with Gasteiger partial charge in [-0.2, -0.15) is 0 Å². The quantitative estimate of drug-likeness (QED) is 0.611. The summed E-state index contributed by atoms with van der Waals surface area (Å²) in [5, 5.41) is 3.18. The van der Waals surface area contributed by atoms with Gasteiger partial charge in [0.15, 0.2) is 6.61 Å². The predicted octanol–water partition coefficient (Wildman–Crippen LogP) is 4.86. The Kier molecular flexibility index (Phi) is 8.32. The van der Waals surface area contributed by atoms with Crippen LogP contribution in [0.2, 0.25) is 0 Å². The molecule has 0 aliphatic heterocycles. The van der Waals surface area contributed by atoms with Crippen molar-refractivity contribution in [3.05, 3.63) is 64.7 Å². The van der Waals surface area contributed by atoms with Crippen molar-refractivity contribution in [3.63, 3.8) is 0 Å². The summed E-state index contributed by atoms with van der Waals surface area (Å²) in [6, 6.07) is 13.6. The highest BCUT2D eigenvalue weighted by Gasteiger charge is 2.31. The van der Waals surface area contributed by atoms with Crippen molar-refractivity contribution < 1.29 is 14.3 Å². The molecule has 0 aromatic heterocycles. The first kappa shape index (κ1) is 23.8. The Morgan fingerprint density at radius 3 is 2.50 bits per heavy atom. The summed E-state index contributed by atoms with van der Waals surface area (Å²) in [6.45, 7) is 8.29. The zero-order chi connectivity index (χ0) is 23.1. The van der Waals surface area contributed by atoms with Crippen LogP contribution in [-0.2, 0) is 16.1 Å². The number of rotatable bonds is 9. The molecule has 1 atom stereocenters. The highest BCUT2D eigenvalue weighted by atomic mass is 16.5. The predicted molar refractivity (Wildman–Crippen MR) is 128 cm³/mol. The summed E-state index contributed by atoms with van der Waals surface area (Å²) in [5.41, 5.74) is 4.28. The van der Waals surface area contributed by atoms with Crippen LogP contribution in [0.15, 0.2) is 42.5 Å². The largest absolute Gasteiger partial charge is 0.483 e. The van der Waals surface area contributed by atoms with E-state index in [4.69, 9.17) is 4.74 Å². The van der Waals surface area contributed by atoms with Gasteiger partial charge in [-0.1, -0.05) is 61.7 Å². The summed E-state index contributed by atoms with van der Waals surface area (Å²) in [5.74, 6) is 0.463. The van der Waals surface area contributed by atoms with Gasteiger partial charge in [0.05, 0.1) is 0 Å². The summed E-state index contributed by atoms with van der Waals surface area (Å²) < 4.78 is 5.91. The molecule has 1 fully saturated rings. The number of nitrogens with one attached hydrogen (secondary N) is 1. The second kappa shape index (κ2) is 11.2. The average molecular weight is 437 g/mol. The van der Waals surface area contributed by atoms with Crippen molar-refractivity contribution >= 4 is 11.8 Å². The van der Waals surface area contributed by atoms with E-state index >= 15 is 0 Å². The molecule has 2 amide bonds. The van der Waals surface area contributed by atoms with Crippen molar-refractivity contribution in [1.82, 2.24) is 10.2 Å². The summed E-state index contributed by atoms with van der Waals surface area (Å²) in [4.78, 5) is 28.2. The molecule has 3 rings (SSSR count). The SMILES string of the molecule is CC[C@@H](C(=O)NC1CCCC1)N(Cc1cccc(C)c1)C(=O)COc1cccc(C)c1C. The monoisotopic (exact) mass is 436 g/mol. The smallest absolute Gasteiger partial charge is 0.261 e. The molecule has 0 radical (unpaired) electrons. The van der Waals surface area contributed by atoms with Crippen molar-refractivity contribution in [2.75, 3.05) is 6.61 Å². The van der Waals surface area contributed by atoms with Gasteiger partial charge < -0.3 is 15.0 Å². The van der Waals surface area contributed by atoms with E-state index in [1.807, 2.05) is 64.1 Å². The summed E-state index contributed by atoms with van der Waals surface area (Å²) >= 11 is 0. The average Bonchev–Trinajstić information content (AvgIpc) is 3.27. The van der Waals surface area contributed by atoms with E-state index in [0.717, 1.165) is 47.9 Å². The summed E-state index contributed by atoms with van der Waals surface area (Å²) in [7, 11) is 0. The third-order valence-electron chi connectivity index (χ3n) is 6.43. The zero-order valence-electron chi connectivity index (χ0n) is 19.8. The Morgan fingerprint density at radius 2 is 1.81 bits per heavy atom. The normalized spacial score (nSPS) is 14.8. The number of ether oxygens (including phenoxy) is 1. The second-order valence-corrected chi connectivity index (χ2v) is 8.91. The van der Waals surface area contributed by atoms with Gasteiger partial charge in [0.2, 0.25) is 5.91 Å². The molecule has 0 bridgehead atoms. The third kappa shape index (κ3) is 6.12. The van der Waals surface area contributed by atoms with Crippen LogP contribution < -0.4 is 10.1 Å². The molecule has 32 heavy (non-hydrogen) atoms. The van der Waals surface area contributed by atoms with Crippen LogP contribution in [-0.4, -0.2) is 35.4 Å². The number of carbonyl (C=O) groups is 2. The molecular formula is C27H36N2O3. The second-order valence-electron chi connectivity index (χ2n) is 8.91. The molecular weight excluding hydrogens is 400 g/mol. The van der Waals surface area contributed by atoms with E-state index in [-0.39, 0.29) is 24.5 Å². The molecule has 0 unspecified atom stereocenters. The van der Waals surface area contributed by atoms with Gasteiger partial charge in [0.1, 0.15) is 11.8 Å². The number of hydrogen-bond donors (Lipinski definition) is 1. The van der Waals surface area contributed by atoms with Crippen LogP contribution >= 0.6 is 0 Å². The zero-order valence-corrected chi connectivity index (χ0v) is 19.8. The number of amides is 2. The van der Waals surface area contributed by atoms with Crippen LogP contribution in [0.25, 0.3) is 0 Å². The minimum absolute atomic E-state index is 0.0628. The molecule has 0 heterocycles. The molecule has 5 nitrogen and oxygen atoms in total. The number of benzene rings is 2. The van der Waals surface area contributed by atoms with E-state index in [1.165, 1.54) is 0 Å². The van der Waals surface area contributed by atoms with Crippen molar-refractivity contribution in [2.24, 2.45) is 0 Å². The number of carbonyl (C=O) groups excluding carboxylic acids is 2. The number of nitrogens with zero attached hydrogens (tertiary/aromatic N) is 1. The minimum Gasteiger partial charge on any atom is -0.483 e. The molecule has 0 saturated heterocycles. The molecule has 0 spiro atoms. The lowest BCUT2D eigenvalue weighted by Crippen LogP contribution is -2.52. The Bertz CT molecular complexity index is 934. The fourth-order valence-electron chi connectivity index (χ4n) is 4.40. The molecule has 5 heteroatoms. The maximum atomic E-state index is 13.4. The van der Waals surface area contributed by atoms with Crippen LogP contribution in [0.1, 0.15) is 61.3 Å². The summed E-state index contributed by atoms with van der Waals surface area (Å²) in [6.07, 6.45) is 4.89. The van der Waals surface area contributed by atoms with Crippen LogP contribution in [0.5, 0.6) is 5.75 Å². The van der Waals surface area contributed by atoms with E-state index in [0.29, 0.717) is 18.7 Å². The van der Waals surface area contributed by atoms with Gasteiger partial charge in [-0.25, -0.2) is 0 Å². The van der Waals surface area contributed by atoms with Gasteiger partial charge in [-0.05, 0) is 62.8 Å². The molecule has 1 aliphatic carbocycles. The first-order valence-corrected chi connectivity index (χ1v) is 11.7. The molecule has 172 valence electrons. The molecule has 1 N–H and O–H groups in total. The lowest BCUT2D eigenvalue weighted by molar-refractivity contribution is -0.143. The Labute approximate surface area is 192 Å². The van der Waals surface area contributed by atoms with Gasteiger partial charge in [0.25, 0.3) is 5.91 Å². The minimum atomic E-state index is -0.522. The van der Waals surface area contributed by atoms with Crippen LogP contribution in [0.4, 0.5) is 0 Å². The highest BCUT2D eigenvalue weighted by molar-refractivity contribution is 5.88. The first-order chi connectivity index (χ1) is 15.4. The Balaban J connectivity index is 1.78. The topological polar surface area (TPSA) is 58.6 Å². The number of aryl methyl sites for hydroxylation is 2. The molecule has 1 aliphatic rings. The standard InChI is InChI=1S/C27H36N2O3/c1-5-24(27(31)28-23-13-6-7-14-23)29(17-22-12-8-10-19(2)16-22)26(30)18-32-25-15-9-11-20(3)21(25)4/h8-12,15-16,23-24H,5-7,13-14,17-18H2,1-4H3,(H,28,31)/t24-/m0/s1. The third-order valence-corrected chi connectivity index (χ3v) is 6.43. The van der Waals surface area contributed by atoms with Crippen molar-refractivity contribution in [3.8, 4) is 5.75 Å². The van der Waals surface area contributed by atoms with E-state index in [1.54, 1.807) is 4.90 Å². The van der Waals surface area contributed by atoms with Crippen LogP contribution in [0.3, 0.4) is 0 Å². The van der Waals surface area contributed by atoms with Crippen LogP contribution in [0, 0.1) is 20.8 Å². The molecule has 2 aromatic carbocycles. The highest BCUT2D eigenvalue weighted by Crippen LogP contribution is 2.22. The fraction of sp³-hybridized carbons (Fsp3) is 0.481. The first-order valence-electron chi connectivity index (χ1n) is 11.7. The molecule has 2 aromatic rings. The van der Waals surface area contributed by atoms with Gasteiger partial charge in [-0.15, -0.1) is 0 Å². The fourth-order valence-corrected chi connectivity index (χ4v) is 4.40. The van der Waals surface area contributed by atoms with Gasteiger partial charge in [-0.3, -0.25) is 9.59 Å². The molecule has 1 saturated carbocycles. The Morgan fingerprint density at radius 1 is 1.09 bits per heavy atom.